The van der Waals surface area contributed by atoms with Gasteiger partial charge in [-0.05, 0) is 42.0 Å². The average molecular weight is 369 g/mol. The van der Waals surface area contributed by atoms with Gasteiger partial charge >= 0.3 is 6.03 Å². The van der Waals surface area contributed by atoms with E-state index in [0.29, 0.717) is 22.9 Å². The minimum atomic E-state index is -0.374. The van der Waals surface area contributed by atoms with Gasteiger partial charge in [-0.2, -0.15) is 0 Å². The van der Waals surface area contributed by atoms with Crippen molar-refractivity contribution in [2.75, 3.05) is 10.4 Å². The molecule has 3 N–H and O–H groups in total. The van der Waals surface area contributed by atoms with Crippen molar-refractivity contribution in [3.05, 3.63) is 83.5 Å². The van der Waals surface area contributed by atoms with Crippen molar-refractivity contribution >= 4 is 34.8 Å². The molecule has 0 aliphatic heterocycles. The van der Waals surface area contributed by atoms with Crippen LogP contribution < -0.4 is 15.7 Å². The van der Waals surface area contributed by atoms with Gasteiger partial charge in [-0.3, -0.25) is 10.7 Å². The number of amides is 2. The number of pyridine rings is 1. The van der Waals surface area contributed by atoms with E-state index in [1.54, 1.807) is 42.6 Å². The highest BCUT2D eigenvalue weighted by molar-refractivity contribution is 6.30. The molecule has 0 fully saturated rings. The molecular weight excluding hydrogens is 352 g/mol. The van der Waals surface area contributed by atoms with Crippen LogP contribution in [0.3, 0.4) is 0 Å². The summed E-state index contributed by atoms with van der Waals surface area (Å²) < 4.78 is 0. The monoisotopic (exact) mass is 368 g/mol. The normalized spacial score (nSPS) is 10.2. The van der Waals surface area contributed by atoms with E-state index in [4.69, 9.17) is 11.6 Å². The van der Waals surface area contributed by atoms with E-state index in [-0.39, 0.29) is 11.8 Å². The summed E-state index contributed by atoms with van der Waals surface area (Å²) in [6.45, 7) is 0.327. The number of halogens is 1. The first kappa shape index (κ1) is 17.7. The van der Waals surface area contributed by atoms with Crippen LogP contribution in [0.15, 0.2) is 72.9 Å². The molecular formula is C19H17ClN4O2. The molecule has 1 aromatic heterocycles. The van der Waals surface area contributed by atoms with Crippen LogP contribution in [0.1, 0.15) is 5.56 Å². The molecule has 132 valence electrons. The SMILES string of the molecule is O=C(NCc1ccc(Cl)cc1)N(c1ccccc1)c1ncccc1NO. The van der Waals surface area contributed by atoms with Crippen LogP contribution >= 0.6 is 11.6 Å². The summed E-state index contributed by atoms with van der Waals surface area (Å²) in [5, 5.41) is 12.9. The fraction of sp³-hybridized carbons (Fsp3) is 0.0526. The molecule has 0 radical (unpaired) electrons. The Balaban J connectivity index is 1.88. The zero-order valence-electron chi connectivity index (χ0n) is 13.8. The second-order valence-corrected chi connectivity index (χ2v) is 5.88. The van der Waals surface area contributed by atoms with E-state index in [9.17, 15) is 10.0 Å². The number of aromatic nitrogens is 1. The number of nitrogens with one attached hydrogen (secondary N) is 2. The van der Waals surface area contributed by atoms with E-state index < -0.39 is 0 Å². The minimum absolute atomic E-state index is 0.287. The Kier molecular flexibility index (Phi) is 5.68. The van der Waals surface area contributed by atoms with Gasteiger partial charge in [0, 0.05) is 17.8 Å². The van der Waals surface area contributed by atoms with E-state index >= 15 is 0 Å². The number of anilines is 3. The van der Waals surface area contributed by atoms with Gasteiger partial charge < -0.3 is 5.32 Å². The molecule has 0 aliphatic carbocycles. The summed E-state index contributed by atoms with van der Waals surface area (Å²) in [4.78, 5) is 18.5. The van der Waals surface area contributed by atoms with Crippen molar-refractivity contribution in [2.45, 2.75) is 6.54 Å². The first-order chi connectivity index (χ1) is 12.7. The number of benzene rings is 2. The lowest BCUT2D eigenvalue weighted by Gasteiger charge is -2.24. The second kappa shape index (κ2) is 8.33. The third-order valence-electron chi connectivity index (χ3n) is 3.69. The maximum absolute atomic E-state index is 12.9. The molecule has 0 spiro atoms. The van der Waals surface area contributed by atoms with Crippen molar-refractivity contribution in [1.29, 1.82) is 0 Å². The number of hydrogen-bond acceptors (Lipinski definition) is 4. The smallest absolute Gasteiger partial charge is 0.328 e. The molecule has 1 heterocycles. The van der Waals surface area contributed by atoms with Crippen LogP contribution in [0.4, 0.5) is 22.0 Å². The van der Waals surface area contributed by atoms with E-state index in [2.05, 4.69) is 15.8 Å². The first-order valence-corrected chi connectivity index (χ1v) is 8.29. The standard InChI is InChI=1S/C19H17ClN4O2/c20-15-10-8-14(9-11-15)13-22-19(25)24(16-5-2-1-3-6-16)18-17(23-26)7-4-12-21-18/h1-12,23,26H,13H2,(H,22,25). The Morgan fingerprint density at radius 1 is 1.04 bits per heavy atom. The minimum Gasteiger partial charge on any atom is -0.333 e. The maximum atomic E-state index is 12.9. The van der Waals surface area contributed by atoms with Crippen molar-refractivity contribution in [3.8, 4) is 0 Å². The van der Waals surface area contributed by atoms with Gasteiger partial charge in [0.05, 0.1) is 5.69 Å². The highest BCUT2D eigenvalue weighted by Gasteiger charge is 2.21. The topological polar surface area (TPSA) is 77.5 Å². The zero-order chi connectivity index (χ0) is 18.4. The Labute approximate surface area is 156 Å². The molecule has 0 atom stereocenters. The molecule has 6 nitrogen and oxygen atoms in total. The first-order valence-electron chi connectivity index (χ1n) is 7.91. The lowest BCUT2D eigenvalue weighted by Crippen LogP contribution is -2.37. The van der Waals surface area contributed by atoms with Crippen LogP contribution in [0.25, 0.3) is 0 Å². The third-order valence-corrected chi connectivity index (χ3v) is 3.95. The molecule has 0 unspecified atom stereocenters. The number of urea groups is 1. The number of carbonyl (C=O) groups is 1. The quantitative estimate of drug-likeness (QED) is 0.576. The van der Waals surface area contributed by atoms with Crippen molar-refractivity contribution in [1.82, 2.24) is 10.3 Å². The summed E-state index contributed by atoms with van der Waals surface area (Å²) in [6.07, 6.45) is 1.55. The molecule has 3 rings (SSSR count). The Bertz CT molecular complexity index is 872. The lowest BCUT2D eigenvalue weighted by molar-refractivity contribution is 0.248. The van der Waals surface area contributed by atoms with E-state index in [1.165, 1.54) is 4.90 Å². The summed E-state index contributed by atoms with van der Waals surface area (Å²) in [6, 6.07) is 19.2. The van der Waals surface area contributed by atoms with Gasteiger partial charge in [0.25, 0.3) is 0 Å². The lowest BCUT2D eigenvalue weighted by atomic mass is 10.2. The molecule has 2 aromatic carbocycles. The Morgan fingerprint density at radius 2 is 1.77 bits per heavy atom. The van der Waals surface area contributed by atoms with Crippen molar-refractivity contribution in [3.63, 3.8) is 0 Å². The van der Waals surface area contributed by atoms with Gasteiger partial charge in [0.2, 0.25) is 0 Å². The molecule has 0 bridgehead atoms. The van der Waals surface area contributed by atoms with Gasteiger partial charge in [0.15, 0.2) is 5.82 Å². The zero-order valence-corrected chi connectivity index (χ0v) is 14.5. The Hall–Kier alpha value is -3.09. The predicted molar refractivity (Wildman–Crippen MR) is 102 cm³/mol. The number of nitrogens with zero attached hydrogens (tertiary/aromatic N) is 2. The van der Waals surface area contributed by atoms with Gasteiger partial charge in [0.1, 0.15) is 5.69 Å². The molecule has 7 heteroatoms. The summed E-state index contributed by atoms with van der Waals surface area (Å²) >= 11 is 5.88. The summed E-state index contributed by atoms with van der Waals surface area (Å²) in [5.74, 6) is 0.287. The largest absolute Gasteiger partial charge is 0.333 e. The average Bonchev–Trinajstić information content (AvgIpc) is 2.69. The van der Waals surface area contributed by atoms with Gasteiger partial charge in [-0.15, -0.1) is 0 Å². The number of para-hydroxylation sites is 1. The maximum Gasteiger partial charge on any atom is 0.328 e. The van der Waals surface area contributed by atoms with Gasteiger partial charge in [-0.1, -0.05) is 41.9 Å². The fourth-order valence-electron chi connectivity index (χ4n) is 2.43. The van der Waals surface area contributed by atoms with E-state index in [1.807, 2.05) is 30.3 Å². The molecule has 2 amide bonds. The number of carbonyl (C=O) groups excluding carboxylic acids is 1. The summed E-state index contributed by atoms with van der Waals surface area (Å²) in [5.41, 5.74) is 3.94. The van der Waals surface area contributed by atoms with Crippen LogP contribution in [0, 0.1) is 0 Å². The van der Waals surface area contributed by atoms with Crippen LogP contribution in [0.5, 0.6) is 0 Å². The third kappa shape index (κ3) is 4.11. The molecule has 0 saturated carbocycles. The van der Waals surface area contributed by atoms with E-state index in [0.717, 1.165) is 5.56 Å². The number of hydrogen-bond donors (Lipinski definition) is 3. The fourth-order valence-corrected chi connectivity index (χ4v) is 2.56. The highest BCUT2D eigenvalue weighted by atomic mass is 35.5. The molecule has 0 saturated heterocycles. The van der Waals surface area contributed by atoms with Crippen LogP contribution in [-0.4, -0.2) is 16.2 Å². The van der Waals surface area contributed by atoms with Crippen molar-refractivity contribution < 1.29 is 10.0 Å². The molecule has 26 heavy (non-hydrogen) atoms. The summed E-state index contributed by atoms with van der Waals surface area (Å²) in [7, 11) is 0. The van der Waals surface area contributed by atoms with Gasteiger partial charge in [-0.25, -0.2) is 14.7 Å². The Morgan fingerprint density at radius 3 is 2.46 bits per heavy atom. The molecule has 3 aromatic rings. The number of rotatable bonds is 5. The predicted octanol–water partition coefficient (Wildman–Crippen LogP) is 4.58. The van der Waals surface area contributed by atoms with Crippen LogP contribution in [-0.2, 0) is 6.54 Å². The second-order valence-electron chi connectivity index (χ2n) is 5.44. The highest BCUT2D eigenvalue weighted by Crippen LogP contribution is 2.29. The van der Waals surface area contributed by atoms with Crippen LogP contribution in [0.2, 0.25) is 5.02 Å². The van der Waals surface area contributed by atoms with Crippen molar-refractivity contribution in [2.24, 2.45) is 0 Å². The molecule has 0 aliphatic rings.